The molecule has 2 aromatic carbocycles. The summed E-state index contributed by atoms with van der Waals surface area (Å²) >= 11 is 0. The molecule has 0 spiro atoms. The highest BCUT2D eigenvalue weighted by Gasteiger charge is 2.19. The zero-order valence-electron chi connectivity index (χ0n) is 15.3. The van der Waals surface area contributed by atoms with E-state index in [1.165, 1.54) is 24.3 Å². The summed E-state index contributed by atoms with van der Waals surface area (Å²) in [5.41, 5.74) is 0.113. The van der Waals surface area contributed by atoms with Gasteiger partial charge in [0.25, 0.3) is 11.5 Å². The van der Waals surface area contributed by atoms with Gasteiger partial charge in [-0.1, -0.05) is 25.5 Å². The number of aromatic hydroxyl groups is 1. The van der Waals surface area contributed by atoms with Crippen LogP contribution in [0.2, 0.25) is 0 Å². The number of ether oxygens (including phenoxy) is 1. The number of esters is 1. The van der Waals surface area contributed by atoms with Gasteiger partial charge < -0.3 is 20.1 Å². The SMILES string of the molecule is CCCCOC(=O)c1ccc(NC(=O)c2c(O)c3ccccc3[nH]c2=O)cc1. The molecule has 3 N–H and O–H groups in total. The minimum absolute atomic E-state index is 0.359. The number of nitrogens with one attached hydrogen (secondary N) is 2. The van der Waals surface area contributed by atoms with Crippen LogP contribution >= 0.6 is 0 Å². The summed E-state index contributed by atoms with van der Waals surface area (Å²) in [5, 5.41) is 13.3. The smallest absolute Gasteiger partial charge is 0.338 e. The minimum atomic E-state index is -0.747. The first-order chi connectivity index (χ1) is 13.5. The minimum Gasteiger partial charge on any atom is -0.506 e. The molecule has 0 aliphatic heterocycles. The number of carbonyl (C=O) groups is 2. The first-order valence-electron chi connectivity index (χ1n) is 8.93. The van der Waals surface area contributed by atoms with Crippen molar-refractivity contribution in [2.24, 2.45) is 0 Å². The topological polar surface area (TPSA) is 108 Å². The van der Waals surface area contributed by atoms with Crippen molar-refractivity contribution in [3.8, 4) is 5.75 Å². The van der Waals surface area contributed by atoms with Crippen LogP contribution in [0, 0.1) is 0 Å². The van der Waals surface area contributed by atoms with E-state index < -0.39 is 17.4 Å². The third kappa shape index (κ3) is 4.03. The predicted molar refractivity (Wildman–Crippen MR) is 106 cm³/mol. The lowest BCUT2D eigenvalue weighted by Crippen LogP contribution is -2.23. The van der Waals surface area contributed by atoms with Crippen molar-refractivity contribution in [3.63, 3.8) is 0 Å². The van der Waals surface area contributed by atoms with Crippen molar-refractivity contribution in [2.45, 2.75) is 19.8 Å². The Kier molecular flexibility index (Phi) is 5.74. The van der Waals surface area contributed by atoms with E-state index in [0.717, 1.165) is 12.8 Å². The highest BCUT2D eigenvalue weighted by atomic mass is 16.5. The fraction of sp³-hybridized carbons (Fsp3) is 0.190. The van der Waals surface area contributed by atoms with E-state index in [0.29, 0.717) is 28.8 Å². The van der Waals surface area contributed by atoms with Gasteiger partial charge in [0.15, 0.2) is 0 Å². The molecule has 1 amide bonds. The van der Waals surface area contributed by atoms with Crippen molar-refractivity contribution in [3.05, 3.63) is 70.0 Å². The van der Waals surface area contributed by atoms with Gasteiger partial charge in [-0.05, 0) is 42.8 Å². The number of H-pyrrole nitrogens is 1. The van der Waals surface area contributed by atoms with E-state index in [-0.39, 0.29) is 11.3 Å². The Labute approximate surface area is 161 Å². The maximum atomic E-state index is 12.5. The van der Waals surface area contributed by atoms with Crippen LogP contribution in [0.1, 0.15) is 40.5 Å². The van der Waals surface area contributed by atoms with Gasteiger partial charge in [0, 0.05) is 11.1 Å². The molecule has 1 heterocycles. The highest BCUT2D eigenvalue weighted by Crippen LogP contribution is 2.25. The Bertz CT molecular complexity index is 1070. The maximum absolute atomic E-state index is 12.5. The average Bonchev–Trinajstić information content (AvgIpc) is 2.68. The number of aromatic amines is 1. The fourth-order valence-corrected chi connectivity index (χ4v) is 2.71. The monoisotopic (exact) mass is 380 g/mol. The van der Waals surface area contributed by atoms with Gasteiger partial charge in [-0.15, -0.1) is 0 Å². The zero-order chi connectivity index (χ0) is 20.1. The fourth-order valence-electron chi connectivity index (χ4n) is 2.71. The van der Waals surface area contributed by atoms with Gasteiger partial charge in [0.05, 0.1) is 17.7 Å². The summed E-state index contributed by atoms with van der Waals surface area (Å²) < 4.78 is 5.13. The standard InChI is InChI=1S/C21H20N2O5/c1-2-3-12-28-21(27)13-8-10-14(11-9-13)22-19(25)17-18(24)15-6-4-5-7-16(15)23-20(17)26/h4-11H,2-3,12H2,1H3,(H,22,25)(H2,23,24,26). The summed E-state index contributed by atoms with van der Waals surface area (Å²) in [5.74, 6) is -1.56. The molecule has 7 heteroatoms. The number of fused-ring (bicyclic) bond motifs is 1. The predicted octanol–water partition coefficient (Wildman–Crippen LogP) is 3.44. The Morgan fingerprint density at radius 2 is 1.82 bits per heavy atom. The summed E-state index contributed by atoms with van der Waals surface area (Å²) in [4.78, 5) is 39.2. The number of amides is 1. The Morgan fingerprint density at radius 3 is 2.54 bits per heavy atom. The quantitative estimate of drug-likeness (QED) is 0.448. The Morgan fingerprint density at radius 1 is 1.11 bits per heavy atom. The van der Waals surface area contributed by atoms with Crippen molar-refractivity contribution in [2.75, 3.05) is 11.9 Å². The molecular formula is C21H20N2O5. The Hall–Kier alpha value is -3.61. The first kappa shape index (κ1) is 19.2. The summed E-state index contributed by atoms with van der Waals surface area (Å²) in [6, 6.07) is 12.8. The van der Waals surface area contributed by atoms with Crippen LogP contribution in [0.3, 0.4) is 0 Å². The van der Waals surface area contributed by atoms with Crippen LogP contribution in [0.4, 0.5) is 5.69 Å². The van der Waals surface area contributed by atoms with E-state index >= 15 is 0 Å². The number of carbonyl (C=O) groups excluding carboxylic acids is 2. The lowest BCUT2D eigenvalue weighted by Gasteiger charge is -2.09. The Balaban J connectivity index is 1.77. The summed E-state index contributed by atoms with van der Waals surface area (Å²) in [6.45, 7) is 2.36. The number of pyridine rings is 1. The molecule has 0 fully saturated rings. The molecule has 3 aromatic rings. The van der Waals surface area contributed by atoms with Gasteiger partial charge in [-0.3, -0.25) is 9.59 Å². The molecular weight excluding hydrogens is 360 g/mol. The summed E-state index contributed by atoms with van der Waals surface area (Å²) in [7, 11) is 0. The highest BCUT2D eigenvalue weighted by molar-refractivity contribution is 6.09. The van der Waals surface area contributed by atoms with Crippen molar-refractivity contribution >= 4 is 28.5 Å². The van der Waals surface area contributed by atoms with Crippen LogP contribution in [-0.2, 0) is 4.74 Å². The largest absolute Gasteiger partial charge is 0.506 e. The number of anilines is 1. The van der Waals surface area contributed by atoms with E-state index in [2.05, 4.69) is 10.3 Å². The number of para-hydroxylation sites is 1. The third-order valence-electron chi connectivity index (χ3n) is 4.23. The van der Waals surface area contributed by atoms with E-state index in [1.807, 2.05) is 6.92 Å². The molecule has 0 bridgehead atoms. The second kappa shape index (κ2) is 8.39. The molecule has 7 nitrogen and oxygen atoms in total. The molecule has 0 saturated carbocycles. The molecule has 0 saturated heterocycles. The molecule has 0 radical (unpaired) electrons. The van der Waals surface area contributed by atoms with Crippen LogP contribution in [0.5, 0.6) is 5.75 Å². The first-order valence-corrected chi connectivity index (χ1v) is 8.93. The molecule has 0 atom stereocenters. The molecule has 3 rings (SSSR count). The van der Waals surface area contributed by atoms with E-state index in [4.69, 9.17) is 4.74 Å². The van der Waals surface area contributed by atoms with Crippen molar-refractivity contribution in [1.29, 1.82) is 0 Å². The lowest BCUT2D eigenvalue weighted by atomic mass is 10.1. The zero-order valence-corrected chi connectivity index (χ0v) is 15.3. The molecule has 0 aliphatic carbocycles. The van der Waals surface area contributed by atoms with E-state index in [9.17, 15) is 19.5 Å². The van der Waals surface area contributed by atoms with Gasteiger partial charge >= 0.3 is 5.97 Å². The van der Waals surface area contributed by atoms with Crippen LogP contribution < -0.4 is 10.9 Å². The third-order valence-corrected chi connectivity index (χ3v) is 4.23. The second-order valence-electron chi connectivity index (χ2n) is 6.24. The van der Waals surface area contributed by atoms with Gasteiger partial charge in [0.2, 0.25) is 0 Å². The number of aromatic nitrogens is 1. The number of hydrogen-bond acceptors (Lipinski definition) is 5. The van der Waals surface area contributed by atoms with Crippen LogP contribution in [-0.4, -0.2) is 28.6 Å². The van der Waals surface area contributed by atoms with Crippen molar-refractivity contribution in [1.82, 2.24) is 4.98 Å². The molecule has 144 valence electrons. The van der Waals surface area contributed by atoms with Gasteiger partial charge in [0.1, 0.15) is 11.3 Å². The van der Waals surface area contributed by atoms with Gasteiger partial charge in [-0.2, -0.15) is 0 Å². The maximum Gasteiger partial charge on any atom is 0.338 e. The van der Waals surface area contributed by atoms with Crippen molar-refractivity contribution < 1.29 is 19.4 Å². The summed E-state index contributed by atoms with van der Waals surface area (Å²) in [6.07, 6.45) is 1.72. The molecule has 1 aromatic heterocycles. The number of unbranched alkanes of at least 4 members (excludes halogenated alkanes) is 1. The lowest BCUT2D eigenvalue weighted by molar-refractivity contribution is 0.0499. The molecule has 0 aliphatic rings. The number of benzene rings is 2. The average molecular weight is 380 g/mol. The van der Waals surface area contributed by atoms with Crippen LogP contribution in [0.15, 0.2) is 53.3 Å². The molecule has 28 heavy (non-hydrogen) atoms. The van der Waals surface area contributed by atoms with Crippen LogP contribution in [0.25, 0.3) is 10.9 Å². The molecule has 0 unspecified atom stereocenters. The van der Waals surface area contributed by atoms with Gasteiger partial charge in [-0.25, -0.2) is 4.79 Å². The van der Waals surface area contributed by atoms with E-state index in [1.54, 1.807) is 24.3 Å². The normalized spacial score (nSPS) is 10.6. The number of hydrogen-bond donors (Lipinski definition) is 3. The second-order valence-corrected chi connectivity index (χ2v) is 6.24. The number of rotatable bonds is 6.